The third-order valence-electron chi connectivity index (χ3n) is 2.93. The van der Waals surface area contributed by atoms with Crippen LogP contribution in [0, 0.1) is 0 Å². The molecule has 3 rings (SSSR count). The first kappa shape index (κ1) is 15.3. The summed E-state index contributed by atoms with van der Waals surface area (Å²) < 4.78 is 3.71. The SMILES string of the molecule is Cn1c(CSc2nnc(SCC(N)=O)s2)nc2ccccc21. The van der Waals surface area contributed by atoms with Crippen molar-refractivity contribution in [3.05, 3.63) is 30.1 Å². The molecule has 22 heavy (non-hydrogen) atoms. The summed E-state index contributed by atoms with van der Waals surface area (Å²) in [5.41, 5.74) is 7.23. The molecule has 0 aliphatic heterocycles. The normalized spacial score (nSPS) is 11.1. The van der Waals surface area contributed by atoms with Crippen molar-refractivity contribution in [2.75, 3.05) is 5.75 Å². The average molecular weight is 351 g/mol. The Kier molecular flexibility index (Phi) is 4.65. The van der Waals surface area contributed by atoms with Crippen molar-refractivity contribution >= 4 is 51.8 Å². The highest BCUT2D eigenvalue weighted by Crippen LogP contribution is 2.30. The van der Waals surface area contributed by atoms with E-state index < -0.39 is 0 Å². The van der Waals surface area contributed by atoms with Gasteiger partial charge in [0.05, 0.1) is 22.5 Å². The van der Waals surface area contributed by atoms with Gasteiger partial charge in [-0.1, -0.05) is 47.0 Å². The lowest BCUT2D eigenvalue weighted by Gasteiger charge is -1.99. The summed E-state index contributed by atoms with van der Waals surface area (Å²) in [7, 11) is 2.01. The highest BCUT2D eigenvalue weighted by molar-refractivity contribution is 8.03. The minimum atomic E-state index is -0.353. The molecule has 6 nitrogen and oxygen atoms in total. The number of thioether (sulfide) groups is 2. The fraction of sp³-hybridized carbons (Fsp3) is 0.231. The molecule has 0 unspecified atom stereocenters. The second-order valence-electron chi connectivity index (χ2n) is 4.45. The van der Waals surface area contributed by atoms with E-state index in [-0.39, 0.29) is 11.7 Å². The molecule has 1 amide bonds. The van der Waals surface area contributed by atoms with Crippen molar-refractivity contribution < 1.29 is 4.79 Å². The highest BCUT2D eigenvalue weighted by atomic mass is 32.2. The van der Waals surface area contributed by atoms with E-state index in [1.165, 1.54) is 23.1 Å². The molecular formula is C13H13N5OS3. The van der Waals surface area contributed by atoms with E-state index >= 15 is 0 Å². The molecule has 0 saturated carbocycles. The number of fused-ring (bicyclic) bond motifs is 1. The Balaban J connectivity index is 1.66. The predicted molar refractivity (Wildman–Crippen MR) is 90.1 cm³/mol. The van der Waals surface area contributed by atoms with Crippen LogP contribution in [0.15, 0.2) is 32.9 Å². The average Bonchev–Trinajstić information content (AvgIpc) is 3.08. The van der Waals surface area contributed by atoms with Gasteiger partial charge in [-0.2, -0.15) is 0 Å². The van der Waals surface area contributed by atoms with Gasteiger partial charge in [0.2, 0.25) is 5.91 Å². The standard InChI is InChI=1S/C13H13N5OS3/c1-18-9-5-3-2-4-8(9)15-11(18)7-21-13-17-16-12(22-13)20-6-10(14)19/h2-5H,6-7H2,1H3,(H2,14,19). The maximum Gasteiger partial charge on any atom is 0.227 e. The molecule has 0 radical (unpaired) electrons. The van der Waals surface area contributed by atoms with Gasteiger partial charge in [-0.15, -0.1) is 10.2 Å². The van der Waals surface area contributed by atoms with E-state index in [2.05, 4.69) is 25.8 Å². The van der Waals surface area contributed by atoms with Gasteiger partial charge in [0.25, 0.3) is 0 Å². The molecular weight excluding hydrogens is 338 g/mol. The van der Waals surface area contributed by atoms with Crippen LogP contribution >= 0.6 is 34.9 Å². The fourth-order valence-corrected chi connectivity index (χ4v) is 4.64. The van der Waals surface area contributed by atoms with E-state index in [1.807, 2.05) is 25.2 Å². The molecule has 0 aliphatic carbocycles. The molecule has 2 heterocycles. The molecule has 9 heteroatoms. The Morgan fingerprint density at radius 2 is 2.00 bits per heavy atom. The first-order chi connectivity index (χ1) is 10.6. The van der Waals surface area contributed by atoms with Crippen LogP contribution in [0.5, 0.6) is 0 Å². The molecule has 0 atom stereocenters. The Morgan fingerprint density at radius 1 is 1.27 bits per heavy atom. The first-order valence-corrected chi connectivity index (χ1v) is 9.20. The monoisotopic (exact) mass is 351 g/mol. The lowest BCUT2D eigenvalue weighted by atomic mass is 10.3. The minimum absolute atomic E-state index is 0.226. The fourth-order valence-electron chi connectivity index (χ4n) is 1.90. The summed E-state index contributed by atoms with van der Waals surface area (Å²) >= 11 is 4.37. The smallest absolute Gasteiger partial charge is 0.227 e. The number of para-hydroxylation sites is 2. The summed E-state index contributed by atoms with van der Waals surface area (Å²) in [5, 5.41) is 8.16. The van der Waals surface area contributed by atoms with Crippen molar-refractivity contribution in [2.24, 2.45) is 12.8 Å². The number of amides is 1. The molecule has 114 valence electrons. The van der Waals surface area contributed by atoms with Gasteiger partial charge in [0.1, 0.15) is 5.82 Å². The number of imidazole rings is 1. The van der Waals surface area contributed by atoms with Gasteiger partial charge in [0, 0.05) is 7.05 Å². The number of carbonyl (C=O) groups excluding carboxylic acids is 1. The maximum absolute atomic E-state index is 10.8. The molecule has 0 fully saturated rings. The number of nitrogens with zero attached hydrogens (tertiary/aromatic N) is 4. The van der Waals surface area contributed by atoms with Crippen molar-refractivity contribution in [3.8, 4) is 0 Å². The molecule has 2 N–H and O–H groups in total. The Labute approximate surface area is 139 Å². The Hall–Kier alpha value is -1.58. The van der Waals surface area contributed by atoms with Crippen LogP contribution in [0.4, 0.5) is 0 Å². The first-order valence-electron chi connectivity index (χ1n) is 6.41. The van der Waals surface area contributed by atoms with Crippen molar-refractivity contribution in [3.63, 3.8) is 0 Å². The number of rotatable bonds is 6. The van der Waals surface area contributed by atoms with Gasteiger partial charge < -0.3 is 10.3 Å². The zero-order valence-electron chi connectivity index (χ0n) is 11.7. The van der Waals surface area contributed by atoms with Crippen LogP contribution in [-0.2, 0) is 17.6 Å². The van der Waals surface area contributed by atoms with E-state index in [0.29, 0.717) is 0 Å². The second-order valence-corrected chi connectivity index (χ2v) is 7.88. The Bertz CT molecular complexity index is 813. The van der Waals surface area contributed by atoms with Crippen LogP contribution in [0.3, 0.4) is 0 Å². The largest absolute Gasteiger partial charge is 0.369 e. The quantitative estimate of drug-likeness (QED) is 0.686. The molecule has 0 aliphatic rings. The maximum atomic E-state index is 10.8. The van der Waals surface area contributed by atoms with Crippen LogP contribution in [-0.4, -0.2) is 31.4 Å². The van der Waals surface area contributed by atoms with Gasteiger partial charge >= 0.3 is 0 Å². The number of hydrogen-bond donors (Lipinski definition) is 1. The summed E-state index contributed by atoms with van der Waals surface area (Å²) in [5.74, 6) is 1.59. The summed E-state index contributed by atoms with van der Waals surface area (Å²) in [4.78, 5) is 15.4. The lowest BCUT2D eigenvalue weighted by molar-refractivity contribution is -0.115. The predicted octanol–water partition coefficient (Wildman–Crippen LogP) is 2.29. The number of primary amides is 1. The van der Waals surface area contributed by atoms with Crippen LogP contribution in [0.25, 0.3) is 11.0 Å². The summed E-state index contributed by atoms with van der Waals surface area (Å²) in [6, 6.07) is 8.06. The van der Waals surface area contributed by atoms with Gasteiger partial charge in [0.15, 0.2) is 8.68 Å². The molecule has 0 spiro atoms. The summed E-state index contributed by atoms with van der Waals surface area (Å²) in [6.45, 7) is 0. The van der Waals surface area contributed by atoms with Gasteiger partial charge in [-0.3, -0.25) is 4.79 Å². The van der Waals surface area contributed by atoms with Crippen LogP contribution in [0.2, 0.25) is 0 Å². The number of aryl methyl sites for hydroxylation is 1. The van der Waals surface area contributed by atoms with Gasteiger partial charge in [-0.25, -0.2) is 4.98 Å². The van der Waals surface area contributed by atoms with E-state index in [0.717, 1.165) is 31.3 Å². The van der Waals surface area contributed by atoms with E-state index in [1.54, 1.807) is 11.8 Å². The highest BCUT2D eigenvalue weighted by Gasteiger charge is 2.11. The van der Waals surface area contributed by atoms with Crippen molar-refractivity contribution in [1.29, 1.82) is 0 Å². The molecule has 0 saturated heterocycles. The number of benzene rings is 1. The number of hydrogen-bond acceptors (Lipinski definition) is 7. The number of carbonyl (C=O) groups is 1. The molecule has 0 bridgehead atoms. The molecule has 1 aromatic carbocycles. The van der Waals surface area contributed by atoms with E-state index in [4.69, 9.17) is 5.73 Å². The third-order valence-corrected chi connectivity index (χ3v) is 6.14. The number of aromatic nitrogens is 4. The zero-order chi connectivity index (χ0) is 15.5. The summed E-state index contributed by atoms with van der Waals surface area (Å²) in [6.07, 6.45) is 0. The van der Waals surface area contributed by atoms with Crippen molar-refractivity contribution in [1.82, 2.24) is 19.7 Å². The number of nitrogens with two attached hydrogens (primary N) is 1. The van der Waals surface area contributed by atoms with Gasteiger partial charge in [-0.05, 0) is 12.1 Å². The molecule has 3 aromatic rings. The van der Waals surface area contributed by atoms with E-state index in [9.17, 15) is 4.79 Å². The Morgan fingerprint density at radius 3 is 2.73 bits per heavy atom. The third kappa shape index (κ3) is 3.42. The topological polar surface area (TPSA) is 86.7 Å². The van der Waals surface area contributed by atoms with Crippen molar-refractivity contribution in [2.45, 2.75) is 14.4 Å². The zero-order valence-corrected chi connectivity index (χ0v) is 14.2. The minimum Gasteiger partial charge on any atom is -0.369 e. The molecule has 2 aromatic heterocycles. The second kappa shape index (κ2) is 6.67. The van der Waals surface area contributed by atoms with Crippen LogP contribution < -0.4 is 5.73 Å². The lowest BCUT2D eigenvalue weighted by Crippen LogP contribution is -2.12. The van der Waals surface area contributed by atoms with Crippen LogP contribution in [0.1, 0.15) is 5.82 Å².